The summed E-state index contributed by atoms with van der Waals surface area (Å²) in [5, 5.41) is 5.18. The number of hydrogen-bond acceptors (Lipinski definition) is 1. The Morgan fingerprint density at radius 3 is 1.91 bits per heavy atom. The van der Waals surface area contributed by atoms with Crippen molar-refractivity contribution in [2.45, 2.75) is 57.3 Å². The molecule has 45 heavy (non-hydrogen) atoms. The summed E-state index contributed by atoms with van der Waals surface area (Å²) in [4.78, 5) is 0.957. The van der Waals surface area contributed by atoms with E-state index in [4.69, 9.17) is 19.1 Å². The first kappa shape index (κ1) is 28.0. The highest BCUT2D eigenvalue weighted by Crippen LogP contribution is 2.40. The minimum atomic E-state index is 0.871. The van der Waals surface area contributed by atoms with E-state index >= 15 is 0 Å². The molecule has 0 nitrogen and oxygen atoms in total. The van der Waals surface area contributed by atoms with Crippen LogP contribution >= 0.6 is 12.6 Å². The minimum Gasteiger partial charge on any atom is -0.143 e. The van der Waals surface area contributed by atoms with E-state index in [1.807, 2.05) is 0 Å². The number of rotatable bonds is 4. The SMILES string of the molecule is C#Cc1c(C(=C(C)C)c2cc(-c3c4c(c(-c5ccc6c(c5)CC6)c5ccccc35)=CCC(=C)CC=4)ccc2S)ccc2c1CC2. The fourth-order valence-corrected chi connectivity index (χ4v) is 7.94. The fraction of sp³-hybridized carbons (Fsp3) is 0.182. The zero-order valence-corrected chi connectivity index (χ0v) is 27.0. The Kier molecular flexibility index (Phi) is 6.74. The molecule has 0 atom stereocenters. The van der Waals surface area contributed by atoms with Crippen molar-refractivity contribution in [3.8, 4) is 34.6 Å². The summed E-state index contributed by atoms with van der Waals surface area (Å²) >= 11 is 5.04. The second kappa shape index (κ2) is 10.8. The summed E-state index contributed by atoms with van der Waals surface area (Å²) in [7, 11) is 0. The maximum absolute atomic E-state index is 6.17. The van der Waals surface area contributed by atoms with Gasteiger partial charge >= 0.3 is 0 Å². The zero-order chi connectivity index (χ0) is 30.8. The van der Waals surface area contributed by atoms with E-state index in [1.54, 1.807) is 0 Å². The molecule has 0 bridgehead atoms. The lowest BCUT2D eigenvalue weighted by Crippen LogP contribution is -2.29. The van der Waals surface area contributed by atoms with Gasteiger partial charge in [0.2, 0.25) is 0 Å². The maximum Gasteiger partial charge on any atom is 0.0356 e. The summed E-state index contributed by atoms with van der Waals surface area (Å²) in [5.41, 5.74) is 17.8. The van der Waals surface area contributed by atoms with Gasteiger partial charge in [-0.15, -0.1) is 19.1 Å². The summed E-state index contributed by atoms with van der Waals surface area (Å²) in [6, 6.07) is 27.3. The van der Waals surface area contributed by atoms with Gasteiger partial charge in [-0.05, 0) is 147 Å². The number of hydrogen-bond donors (Lipinski definition) is 1. The Balaban J connectivity index is 1.42. The molecule has 0 unspecified atom stereocenters. The molecule has 0 aromatic heterocycles. The van der Waals surface area contributed by atoms with Crippen LogP contribution in [-0.2, 0) is 25.7 Å². The first-order valence-corrected chi connectivity index (χ1v) is 16.5. The largest absolute Gasteiger partial charge is 0.143 e. The molecule has 0 fully saturated rings. The minimum absolute atomic E-state index is 0.871. The molecule has 5 aromatic carbocycles. The van der Waals surface area contributed by atoms with Gasteiger partial charge in [0.25, 0.3) is 0 Å². The number of benzene rings is 5. The van der Waals surface area contributed by atoms with Crippen molar-refractivity contribution in [3.63, 3.8) is 0 Å². The monoisotopic (exact) mass is 596 g/mol. The summed E-state index contributed by atoms with van der Waals surface area (Å²) in [5.74, 6) is 3.06. The van der Waals surface area contributed by atoms with Crippen LogP contribution in [-0.4, -0.2) is 0 Å². The van der Waals surface area contributed by atoms with Gasteiger partial charge in [0.05, 0.1) is 0 Å². The van der Waals surface area contributed by atoms with Crippen LogP contribution in [0.1, 0.15) is 65.6 Å². The van der Waals surface area contributed by atoms with Gasteiger partial charge in [-0.2, -0.15) is 0 Å². The van der Waals surface area contributed by atoms with E-state index in [0.717, 1.165) is 47.3 Å². The van der Waals surface area contributed by atoms with Crippen LogP contribution in [0.5, 0.6) is 0 Å². The third kappa shape index (κ3) is 4.47. The van der Waals surface area contributed by atoms with E-state index in [0.29, 0.717) is 0 Å². The molecule has 0 saturated heterocycles. The van der Waals surface area contributed by atoms with Gasteiger partial charge in [0.15, 0.2) is 0 Å². The molecule has 0 heterocycles. The number of terminal acetylenes is 1. The topological polar surface area (TPSA) is 0 Å². The van der Waals surface area contributed by atoms with Crippen LogP contribution in [0.4, 0.5) is 0 Å². The predicted octanol–water partition coefficient (Wildman–Crippen LogP) is 9.39. The smallest absolute Gasteiger partial charge is 0.0356 e. The second-order valence-electron chi connectivity index (χ2n) is 13.0. The quantitative estimate of drug-likeness (QED) is 0.119. The first-order valence-electron chi connectivity index (χ1n) is 16.1. The fourth-order valence-electron chi connectivity index (χ4n) is 7.69. The van der Waals surface area contributed by atoms with Gasteiger partial charge in [0.1, 0.15) is 0 Å². The van der Waals surface area contributed by atoms with Gasteiger partial charge in [0, 0.05) is 10.5 Å². The van der Waals surface area contributed by atoms with Crippen molar-refractivity contribution in [1.82, 2.24) is 0 Å². The Morgan fingerprint density at radius 1 is 0.711 bits per heavy atom. The van der Waals surface area contributed by atoms with Crippen molar-refractivity contribution in [2.24, 2.45) is 0 Å². The molecule has 0 saturated carbocycles. The lowest BCUT2D eigenvalue weighted by atomic mass is 9.79. The van der Waals surface area contributed by atoms with Crippen LogP contribution in [0.2, 0.25) is 0 Å². The molecule has 218 valence electrons. The highest BCUT2D eigenvalue weighted by molar-refractivity contribution is 7.80. The average molecular weight is 597 g/mol. The van der Waals surface area contributed by atoms with Crippen LogP contribution in [0, 0.1) is 12.3 Å². The van der Waals surface area contributed by atoms with Crippen LogP contribution in [0.25, 0.3) is 50.8 Å². The number of fused-ring (bicyclic) bond motifs is 4. The molecule has 0 amide bonds. The third-order valence-corrected chi connectivity index (χ3v) is 10.6. The summed E-state index contributed by atoms with van der Waals surface area (Å²) in [6.07, 6.45) is 17.3. The van der Waals surface area contributed by atoms with E-state index in [2.05, 4.69) is 111 Å². The lowest BCUT2D eigenvalue weighted by molar-refractivity contribution is 0.834. The van der Waals surface area contributed by atoms with E-state index in [-0.39, 0.29) is 0 Å². The van der Waals surface area contributed by atoms with Gasteiger partial charge in [-0.1, -0.05) is 96.5 Å². The molecule has 3 aliphatic carbocycles. The van der Waals surface area contributed by atoms with Crippen molar-refractivity contribution in [3.05, 3.63) is 140 Å². The number of allylic oxidation sites excluding steroid dienone is 2. The molecule has 8 rings (SSSR count). The number of aryl methyl sites for hydroxylation is 3. The molecular formula is C44H36S. The highest BCUT2D eigenvalue weighted by atomic mass is 32.1. The zero-order valence-electron chi connectivity index (χ0n) is 26.1. The normalized spacial score (nSPS) is 14.4. The molecule has 1 heteroatoms. The van der Waals surface area contributed by atoms with Crippen molar-refractivity contribution in [2.75, 3.05) is 0 Å². The average Bonchev–Trinajstić information content (AvgIpc) is 3.20. The van der Waals surface area contributed by atoms with E-state index in [9.17, 15) is 0 Å². The maximum atomic E-state index is 6.17. The van der Waals surface area contributed by atoms with Crippen LogP contribution in [0.15, 0.2) is 95.4 Å². The molecule has 5 aromatic rings. The summed E-state index contributed by atoms with van der Waals surface area (Å²) < 4.78 is 0. The molecule has 0 spiro atoms. The second-order valence-corrected chi connectivity index (χ2v) is 13.5. The molecular weight excluding hydrogens is 561 g/mol. The number of thiol groups is 1. The molecule has 3 aliphatic rings. The lowest BCUT2D eigenvalue weighted by Gasteiger charge is -2.25. The highest BCUT2D eigenvalue weighted by Gasteiger charge is 2.24. The van der Waals surface area contributed by atoms with Crippen molar-refractivity contribution in [1.29, 1.82) is 0 Å². The Morgan fingerprint density at radius 2 is 1.33 bits per heavy atom. The standard InChI is InChI=1S/C44H36S/c1-5-33-34-21-16-29(34)17-22-37(33)42(26(2)3)40-25-32(18-23-41(40)45)44-36-9-7-6-8-35(36)43(31-15-13-28-12-14-30(28)24-31)38-19-10-27(4)11-20-39(38)44/h1,6-9,13,15,17-20,22-25,45H,4,10-12,14,16,21H2,2-3H3. The van der Waals surface area contributed by atoms with E-state index < -0.39 is 0 Å². The van der Waals surface area contributed by atoms with Gasteiger partial charge in [-0.3, -0.25) is 0 Å². The first-order chi connectivity index (χ1) is 21.9. The Labute approximate surface area is 272 Å². The molecule has 0 radical (unpaired) electrons. The predicted molar refractivity (Wildman–Crippen MR) is 195 cm³/mol. The van der Waals surface area contributed by atoms with Crippen LogP contribution in [0.3, 0.4) is 0 Å². The van der Waals surface area contributed by atoms with Crippen molar-refractivity contribution >= 4 is 41.1 Å². The van der Waals surface area contributed by atoms with Gasteiger partial charge in [-0.25, -0.2) is 0 Å². The van der Waals surface area contributed by atoms with E-state index in [1.165, 1.54) is 95.3 Å². The third-order valence-electron chi connectivity index (χ3n) is 10.2. The molecule has 0 aliphatic heterocycles. The molecule has 0 N–H and O–H groups in total. The summed E-state index contributed by atoms with van der Waals surface area (Å²) in [6.45, 7) is 8.78. The Bertz CT molecular complexity index is 2310. The Hall–Kier alpha value is -4.51. The van der Waals surface area contributed by atoms with Crippen LogP contribution < -0.4 is 10.4 Å². The van der Waals surface area contributed by atoms with Gasteiger partial charge < -0.3 is 0 Å². The van der Waals surface area contributed by atoms with Crippen molar-refractivity contribution < 1.29 is 0 Å².